The molecular weight excluding hydrogens is 1820 g/mol. The number of primary amides is 4. The fraction of sp³-hybridized carbons (Fsp3) is 0.404. The van der Waals surface area contributed by atoms with E-state index in [-0.39, 0.29) is 97.6 Å². The van der Waals surface area contributed by atoms with Crippen molar-refractivity contribution in [1.82, 2.24) is 38.5 Å². The number of likely N-dealkylation sites (N-methyl/N-ethyl adjacent to an activating group) is 1. The molecule has 740 valence electrons. The minimum absolute atomic E-state index is 0.0109. The maximum atomic E-state index is 14.1. The van der Waals surface area contributed by atoms with Gasteiger partial charge in [0, 0.05) is 70.6 Å². The van der Waals surface area contributed by atoms with E-state index >= 15 is 0 Å². The molecule has 10 rings (SSSR count). The SMILES string of the molecule is CC(C)(C)NC(=O)C(CCc1ccccc1)N(C1CCCCC1)S(=O)(=O)c1ccc(C(N)=O)cc1.CC(C)(C)NC(=O)C(CCc1ccccc1)N(CCOCc1ccccc1)S(=O)(=O)c1ccc(C(N)=O)cc1.CCCCN(C(CCc1ccccc1)C(=O)NC(C)(C)C)S(=O)(=O)c1ccc(C(N)=O)cc1.CN(C(CCc1ccccc1)C(=O)NC(C)(C)C)S(=O)(=O)c1ccc(C(N)=O)cc1. The summed E-state index contributed by atoms with van der Waals surface area (Å²) in [7, 11) is -14.7. The standard InChI is InChI=1S/C30H37N3O5S.C27H37N3O4S.C25H35N3O4S.C22H29N3O4S/c1-30(2,3)32-29(35)27(19-14-23-10-6-4-7-11-23)33(20-21-38-22-24-12-8-5-9-13-24)39(36,37)26-17-15-25(16-18-26)28(31)34;1-27(2,3)29-26(32)24(19-14-20-10-6-4-7-11-20)30(22-12-8-5-9-13-22)35(33,34)23-17-15-21(16-18-23)25(28)31;1-5-6-18-28(33(31,32)21-15-13-20(14-16-21)23(26)29)22(24(30)27-25(2,3)4)17-12-19-10-8-7-9-11-19;1-22(2,3)24-21(27)19(15-10-16-8-6-5-7-9-16)25(4)30(28,29)18-13-11-17(12-14-18)20(23)26/h4-13,15-18,27H,14,19-22H2,1-3H3,(H2,31,34)(H,32,35);4,6-7,10-11,15-18,22,24H,5,8-9,12-14,19H2,1-3H3,(H2,28,31)(H,29,32);7-11,13-16,22H,5-6,12,17-18H2,1-4H3,(H2,26,29)(H,27,30);5-9,11-14,19H,10,15H2,1-4H3,(H2,23,26)(H,24,27). The number of benzene rings is 9. The first-order valence-corrected chi connectivity index (χ1v) is 51.8. The van der Waals surface area contributed by atoms with E-state index in [1.807, 2.05) is 242 Å². The van der Waals surface area contributed by atoms with E-state index in [0.29, 0.717) is 70.8 Å². The summed E-state index contributed by atoms with van der Waals surface area (Å²) in [5, 5.41) is 11.8. The van der Waals surface area contributed by atoms with Crippen LogP contribution in [0.3, 0.4) is 0 Å². The highest BCUT2D eigenvalue weighted by Crippen LogP contribution is 2.34. The number of nitrogens with zero attached hydrogens (tertiary/aromatic N) is 4. The first-order chi connectivity index (χ1) is 64.3. The number of nitrogens with one attached hydrogen (secondary N) is 4. The van der Waals surface area contributed by atoms with Crippen molar-refractivity contribution in [1.29, 1.82) is 0 Å². The maximum absolute atomic E-state index is 14.1. The van der Waals surface area contributed by atoms with E-state index in [9.17, 15) is 72.0 Å². The van der Waals surface area contributed by atoms with Gasteiger partial charge in [0.05, 0.1) is 32.8 Å². The van der Waals surface area contributed by atoms with Gasteiger partial charge in [0.15, 0.2) is 0 Å². The van der Waals surface area contributed by atoms with Crippen molar-refractivity contribution in [3.8, 4) is 0 Å². The molecule has 9 aromatic rings. The number of nitrogens with two attached hydrogens (primary N) is 4. The molecule has 137 heavy (non-hydrogen) atoms. The number of hydrogen-bond acceptors (Lipinski definition) is 17. The summed E-state index contributed by atoms with van der Waals surface area (Å²) in [5.74, 6) is -3.93. The van der Waals surface area contributed by atoms with E-state index < -0.39 is 110 Å². The first-order valence-electron chi connectivity index (χ1n) is 46.0. The number of hydrogen-bond donors (Lipinski definition) is 8. The Bertz CT molecular complexity index is 5890. The van der Waals surface area contributed by atoms with Crippen molar-refractivity contribution in [3.05, 3.63) is 299 Å². The summed E-state index contributed by atoms with van der Waals surface area (Å²) in [6.07, 6.45) is 9.18. The topological polar surface area (TPSA) is 448 Å². The highest BCUT2D eigenvalue weighted by atomic mass is 32.2. The molecule has 33 heteroatoms. The summed E-state index contributed by atoms with van der Waals surface area (Å²) in [4.78, 5) is 99.2. The molecule has 1 aliphatic rings. The van der Waals surface area contributed by atoms with E-state index in [1.54, 1.807) is 0 Å². The van der Waals surface area contributed by atoms with Gasteiger partial charge in [0.1, 0.15) is 24.2 Å². The fourth-order valence-electron chi connectivity index (χ4n) is 15.2. The van der Waals surface area contributed by atoms with Crippen molar-refractivity contribution < 1.29 is 76.8 Å². The Morgan fingerprint density at radius 2 is 0.591 bits per heavy atom. The van der Waals surface area contributed by atoms with Crippen molar-refractivity contribution in [2.75, 3.05) is 26.7 Å². The molecule has 29 nitrogen and oxygen atoms in total. The fourth-order valence-corrected chi connectivity index (χ4v) is 21.7. The molecule has 1 fully saturated rings. The predicted octanol–water partition coefficient (Wildman–Crippen LogP) is 13.7. The highest BCUT2D eigenvalue weighted by Gasteiger charge is 2.44. The molecule has 0 saturated heterocycles. The Balaban J connectivity index is 0.000000250. The number of sulfonamides is 4. The third-order valence-electron chi connectivity index (χ3n) is 22.1. The number of carbonyl (C=O) groups is 8. The van der Waals surface area contributed by atoms with Crippen LogP contribution in [0.4, 0.5) is 0 Å². The van der Waals surface area contributed by atoms with E-state index in [2.05, 4.69) is 21.3 Å². The molecule has 4 unspecified atom stereocenters. The van der Waals surface area contributed by atoms with E-state index in [1.165, 1.54) is 117 Å². The molecule has 1 saturated carbocycles. The number of unbranched alkanes of at least 4 members (excludes halogenated alkanes) is 1. The van der Waals surface area contributed by atoms with Gasteiger partial charge in [-0.05, 0) is 279 Å². The van der Waals surface area contributed by atoms with Crippen molar-refractivity contribution in [2.24, 2.45) is 22.9 Å². The van der Waals surface area contributed by atoms with Gasteiger partial charge >= 0.3 is 0 Å². The van der Waals surface area contributed by atoms with Crippen LogP contribution < -0.4 is 44.2 Å². The Morgan fingerprint density at radius 1 is 0.336 bits per heavy atom. The van der Waals surface area contributed by atoms with Crippen molar-refractivity contribution in [2.45, 2.75) is 265 Å². The van der Waals surface area contributed by atoms with Gasteiger partial charge in [0.25, 0.3) is 0 Å². The molecule has 0 aromatic heterocycles. The van der Waals surface area contributed by atoms with Crippen LogP contribution in [0.5, 0.6) is 0 Å². The number of aryl methyl sites for hydroxylation is 4. The number of amides is 8. The number of rotatable bonds is 41. The minimum Gasteiger partial charge on any atom is -0.375 e. The second kappa shape index (κ2) is 51.7. The maximum Gasteiger partial charge on any atom is 0.248 e. The van der Waals surface area contributed by atoms with Crippen LogP contribution in [0, 0.1) is 0 Å². The summed E-state index contributed by atoms with van der Waals surface area (Å²) >= 11 is 0. The molecule has 9 aromatic carbocycles. The molecule has 0 aliphatic heterocycles. The smallest absolute Gasteiger partial charge is 0.248 e. The Morgan fingerprint density at radius 3 is 0.883 bits per heavy atom. The van der Waals surface area contributed by atoms with E-state index in [4.69, 9.17) is 27.7 Å². The van der Waals surface area contributed by atoms with Crippen LogP contribution in [0.25, 0.3) is 0 Å². The van der Waals surface area contributed by atoms with Crippen LogP contribution in [0.15, 0.2) is 268 Å². The lowest BCUT2D eigenvalue weighted by molar-refractivity contribution is -0.127. The minimum atomic E-state index is -4.15. The van der Waals surface area contributed by atoms with Gasteiger partial charge < -0.3 is 48.9 Å². The molecule has 0 radical (unpaired) electrons. The normalized spacial score (nSPS) is 13.7. The highest BCUT2D eigenvalue weighted by molar-refractivity contribution is 7.90. The molecule has 4 atom stereocenters. The Kier molecular flexibility index (Phi) is 42.4. The summed E-state index contributed by atoms with van der Waals surface area (Å²) in [6, 6.07) is 66.3. The van der Waals surface area contributed by atoms with E-state index in [0.717, 1.165) is 57.8 Å². The second-order valence-corrected chi connectivity index (χ2v) is 45.6. The zero-order valence-electron chi connectivity index (χ0n) is 81.2. The van der Waals surface area contributed by atoms with Crippen LogP contribution in [-0.2, 0) is 96.3 Å². The number of ether oxygens (including phenoxy) is 1. The third-order valence-corrected chi connectivity index (χ3v) is 29.8. The Labute approximate surface area is 810 Å². The zero-order chi connectivity index (χ0) is 101. The molecular formula is C104H138N12O17S4. The molecule has 0 heterocycles. The zero-order valence-corrected chi connectivity index (χ0v) is 84.4. The Hall–Kier alpha value is -11.7. The van der Waals surface area contributed by atoms with Gasteiger partial charge in [0.2, 0.25) is 87.4 Å². The average molecular weight is 1960 g/mol. The molecule has 12 N–H and O–H groups in total. The van der Waals surface area contributed by atoms with Crippen molar-refractivity contribution >= 4 is 87.4 Å². The summed E-state index contributed by atoms with van der Waals surface area (Å²) in [6.45, 7) is 24.9. The van der Waals surface area contributed by atoms with Gasteiger partial charge in [-0.1, -0.05) is 184 Å². The second-order valence-electron chi connectivity index (χ2n) is 37.9. The van der Waals surface area contributed by atoms with Gasteiger partial charge in [-0.2, -0.15) is 17.2 Å². The lowest BCUT2D eigenvalue weighted by Crippen LogP contribution is -2.57. The van der Waals surface area contributed by atoms with Crippen LogP contribution in [0.1, 0.15) is 230 Å². The third kappa shape index (κ3) is 36.0. The predicted molar refractivity (Wildman–Crippen MR) is 535 cm³/mol. The van der Waals surface area contributed by atoms with Gasteiger partial charge in [-0.15, -0.1) is 0 Å². The van der Waals surface area contributed by atoms with Crippen LogP contribution in [0.2, 0.25) is 0 Å². The van der Waals surface area contributed by atoms with Crippen molar-refractivity contribution in [3.63, 3.8) is 0 Å². The lowest BCUT2D eigenvalue weighted by Gasteiger charge is -2.39. The quantitative estimate of drug-likeness (QED) is 0.0165. The molecule has 0 spiro atoms. The molecule has 1 aliphatic carbocycles. The largest absolute Gasteiger partial charge is 0.375 e. The summed E-state index contributed by atoms with van der Waals surface area (Å²) < 4.78 is 121. The van der Waals surface area contributed by atoms with Crippen LogP contribution >= 0.6 is 0 Å². The first kappa shape index (κ1) is 112. The van der Waals surface area contributed by atoms with Gasteiger partial charge in [-0.3, -0.25) is 38.4 Å². The number of carbonyl (C=O) groups excluding carboxylic acids is 8. The monoisotopic (exact) mass is 1950 g/mol. The molecule has 0 bridgehead atoms. The molecule has 8 amide bonds. The van der Waals surface area contributed by atoms with Gasteiger partial charge in [-0.25, -0.2) is 33.7 Å². The average Bonchev–Trinajstić information content (AvgIpc) is 0.768. The lowest BCUT2D eigenvalue weighted by atomic mass is 9.93. The summed E-state index contributed by atoms with van der Waals surface area (Å²) in [5.41, 5.74) is 25.0. The van der Waals surface area contributed by atoms with Crippen LogP contribution in [-0.4, -0.2) is 177 Å².